The van der Waals surface area contributed by atoms with Crippen LogP contribution in [-0.4, -0.2) is 37.7 Å². The van der Waals surface area contributed by atoms with Crippen LogP contribution >= 0.6 is 0 Å². The van der Waals surface area contributed by atoms with Gasteiger partial charge in [0.25, 0.3) is 0 Å². The molecule has 16 heteroatoms. The van der Waals surface area contributed by atoms with Gasteiger partial charge in [-0.15, -0.1) is 9.36 Å². The number of fused-ring (bicyclic) bond motifs is 1. The van der Waals surface area contributed by atoms with Crippen molar-refractivity contribution in [2.45, 2.75) is 56.7 Å². The van der Waals surface area contributed by atoms with Crippen molar-refractivity contribution >= 4 is 20.0 Å². The van der Waals surface area contributed by atoms with Crippen molar-refractivity contribution in [1.29, 1.82) is 0 Å². The van der Waals surface area contributed by atoms with E-state index in [0.717, 1.165) is 17.2 Å². The number of aryl methyl sites for hydroxylation is 3. The Bertz CT molecular complexity index is 782. The minimum Gasteiger partial charge on any atom is -0.421 e. The average molecular weight is 446 g/mol. The molecule has 0 aliphatic carbocycles. The lowest BCUT2D eigenvalue weighted by Gasteiger charge is -2.22. The third-order valence-corrected chi connectivity index (χ3v) is 5.92. The Balaban J connectivity index is 0.000000274. The van der Waals surface area contributed by atoms with Crippen LogP contribution in [0.4, 0.5) is 26.3 Å². The zero-order valence-corrected chi connectivity index (χ0v) is 15.5. The first kappa shape index (κ1) is 23.6. The number of nitrogens with zero attached hydrogens (tertiary/aromatic N) is 4. The van der Waals surface area contributed by atoms with Gasteiger partial charge in [-0.2, -0.15) is 26.3 Å². The molecule has 0 amide bonds. The molecular formula is C11H16F6N4O4S2. The van der Waals surface area contributed by atoms with Crippen LogP contribution in [-0.2, 0) is 39.6 Å². The van der Waals surface area contributed by atoms with Crippen LogP contribution < -0.4 is 4.68 Å². The highest BCUT2D eigenvalue weighted by Crippen LogP contribution is 2.36. The molecule has 1 aromatic rings. The van der Waals surface area contributed by atoms with Gasteiger partial charge in [-0.1, -0.05) is 13.3 Å². The first-order valence-electron chi connectivity index (χ1n) is 7.44. The molecule has 1 aliphatic heterocycles. The number of aromatic nitrogens is 3. The fraction of sp³-hybridized carbons (Fsp3) is 0.818. The van der Waals surface area contributed by atoms with E-state index in [1.54, 1.807) is 0 Å². The zero-order chi connectivity index (χ0) is 21.1. The molecule has 1 aliphatic rings. The quantitative estimate of drug-likeness (QED) is 0.508. The van der Waals surface area contributed by atoms with Crippen LogP contribution in [0.5, 0.6) is 0 Å². The molecule has 0 atom stereocenters. The number of hydrogen-bond acceptors (Lipinski definition) is 5. The van der Waals surface area contributed by atoms with Gasteiger partial charge in [-0.05, 0) is 12.8 Å². The minimum atomic E-state index is -6.72. The van der Waals surface area contributed by atoms with E-state index in [2.05, 4.69) is 27.7 Å². The second-order valence-electron chi connectivity index (χ2n) is 5.37. The van der Waals surface area contributed by atoms with Crippen molar-refractivity contribution in [2.24, 2.45) is 0 Å². The van der Waals surface area contributed by atoms with Gasteiger partial charge in [-0.25, -0.2) is 16.8 Å². The molecule has 8 nitrogen and oxygen atoms in total. The van der Waals surface area contributed by atoms with Crippen LogP contribution in [0.25, 0.3) is 4.13 Å². The van der Waals surface area contributed by atoms with Crippen LogP contribution in [0.2, 0.25) is 0 Å². The summed E-state index contributed by atoms with van der Waals surface area (Å²) in [6.07, 6.45) is 7.17. The van der Waals surface area contributed by atoms with Crippen molar-refractivity contribution < 1.29 is 47.9 Å². The zero-order valence-electron chi connectivity index (χ0n) is 13.8. The largest absolute Gasteiger partial charge is 0.480 e. The second-order valence-corrected chi connectivity index (χ2v) is 8.79. The maximum absolute atomic E-state index is 11.4. The number of rotatable bonds is 5. The summed E-state index contributed by atoms with van der Waals surface area (Å²) in [5.74, 6) is 0. The van der Waals surface area contributed by atoms with E-state index in [-0.39, 0.29) is 0 Å². The highest BCUT2D eigenvalue weighted by Gasteiger charge is 2.46. The molecule has 0 unspecified atom stereocenters. The maximum Gasteiger partial charge on any atom is 0.480 e. The first-order chi connectivity index (χ1) is 12.1. The highest BCUT2D eigenvalue weighted by molar-refractivity contribution is 8.13. The summed E-state index contributed by atoms with van der Waals surface area (Å²) in [6, 6.07) is 0. The van der Waals surface area contributed by atoms with Crippen molar-refractivity contribution in [3.05, 3.63) is 16.0 Å². The number of unbranched alkanes of at least 4 members (excludes halogenated alkanes) is 1. The Morgan fingerprint density at radius 3 is 2.04 bits per heavy atom. The molecule has 0 saturated heterocycles. The molecule has 0 bridgehead atoms. The van der Waals surface area contributed by atoms with Crippen LogP contribution in [0.15, 0.2) is 6.20 Å². The van der Waals surface area contributed by atoms with Crippen molar-refractivity contribution in [3.8, 4) is 0 Å². The summed E-state index contributed by atoms with van der Waals surface area (Å²) in [5, 5.41) is 4.46. The van der Waals surface area contributed by atoms with Crippen LogP contribution in [0.1, 0.15) is 31.9 Å². The summed E-state index contributed by atoms with van der Waals surface area (Å²) >= 11 is 0. The van der Waals surface area contributed by atoms with E-state index in [0.29, 0.717) is 0 Å². The fourth-order valence-electron chi connectivity index (χ4n) is 1.90. The molecule has 27 heavy (non-hydrogen) atoms. The van der Waals surface area contributed by atoms with Gasteiger partial charge < -0.3 is 4.13 Å². The summed E-state index contributed by atoms with van der Waals surface area (Å²) in [4.78, 5) is 0. The maximum atomic E-state index is 11.4. The lowest BCUT2D eigenvalue weighted by Crippen LogP contribution is -2.36. The van der Waals surface area contributed by atoms with Gasteiger partial charge in [0.15, 0.2) is 31.9 Å². The van der Waals surface area contributed by atoms with E-state index in [9.17, 15) is 43.2 Å². The SMILES string of the molecule is CCCC[n+]1cc2n(n1)CCC2.O=S(=O)([N-]S(=O)(=O)C(F)(F)F)C(F)(F)F. The van der Waals surface area contributed by atoms with E-state index >= 15 is 0 Å². The minimum absolute atomic E-state index is 0.778. The monoisotopic (exact) mass is 446 g/mol. The van der Waals surface area contributed by atoms with Gasteiger partial charge in [0.05, 0.1) is 5.21 Å². The topological polar surface area (TPSA) is 104 Å². The normalized spacial score (nSPS) is 15.2. The Kier molecular flexibility index (Phi) is 7.26. The molecule has 158 valence electrons. The molecular weight excluding hydrogens is 430 g/mol. The lowest BCUT2D eigenvalue weighted by atomic mass is 10.3. The number of halogens is 6. The molecule has 0 spiro atoms. The third-order valence-electron chi connectivity index (χ3n) is 3.18. The predicted molar refractivity (Wildman–Crippen MR) is 79.0 cm³/mol. The smallest absolute Gasteiger partial charge is 0.421 e. The second kappa shape index (κ2) is 8.30. The fourth-order valence-corrected chi connectivity index (χ4v) is 3.61. The molecule has 0 saturated carbocycles. The summed E-state index contributed by atoms with van der Waals surface area (Å²) in [7, 11) is -13.4. The Morgan fingerprint density at radius 1 is 1.11 bits per heavy atom. The van der Waals surface area contributed by atoms with Gasteiger partial charge >= 0.3 is 11.0 Å². The number of alkyl halides is 6. The van der Waals surface area contributed by atoms with Gasteiger partial charge in [0.2, 0.25) is 0 Å². The van der Waals surface area contributed by atoms with Crippen molar-refractivity contribution in [3.63, 3.8) is 0 Å². The first-order valence-corrected chi connectivity index (χ1v) is 10.3. The van der Waals surface area contributed by atoms with E-state index in [1.807, 2.05) is 0 Å². The van der Waals surface area contributed by atoms with Crippen LogP contribution in [0.3, 0.4) is 0 Å². The molecule has 0 N–H and O–H groups in total. The Hall–Kier alpha value is -1.42. The van der Waals surface area contributed by atoms with E-state index in [4.69, 9.17) is 0 Å². The molecule has 2 rings (SSSR count). The molecule has 2 heterocycles. The molecule has 0 aromatic carbocycles. The van der Waals surface area contributed by atoms with Gasteiger partial charge in [-0.3, -0.25) is 0 Å². The van der Waals surface area contributed by atoms with Crippen molar-refractivity contribution in [1.82, 2.24) is 9.90 Å². The standard InChI is InChI=1S/C9H16N3.C2F6NO4S2/c1-2-3-6-11-8-9-5-4-7-12(9)10-11;3-1(4,5)14(10,11)9-15(12,13)2(6,7)8/h8H,2-7H2,1H3;/q+1;-1. The Labute approximate surface area is 151 Å². The lowest BCUT2D eigenvalue weighted by molar-refractivity contribution is -0.755. The van der Waals surface area contributed by atoms with Gasteiger partial charge in [0, 0.05) is 6.42 Å². The van der Waals surface area contributed by atoms with Gasteiger partial charge in [0.1, 0.15) is 13.1 Å². The van der Waals surface area contributed by atoms with E-state index in [1.165, 1.54) is 31.4 Å². The molecule has 0 fully saturated rings. The molecule has 1 aromatic heterocycles. The third kappa shape index (κ3) is 6.31. The highest BCUT2D eigenvalue weighted by atomic mass is 32.3. The van der Waals surface area contributed by atoms with Crippen LogP contribution in [0, 0.1) is 0 Å². The summed E-state index contributed by atoms with van der Waals surface area (Å²) in [5.41, 5.74) is -11.0. The average Bonchev–Trinajstić information content (AvgIpc) is 3.03. The van der Waals surface area contributed by atoms with E-state index < -0.39 is 31.1 Å². The van der Waals surface area contributed by atoms with Crippen molar-refractivity contribution in [2.75, 3.05) is 0 Å². The predicted octanol–water partition coefficient (Wildman–Crippen LogP) is 1.98. The summed E-state index contributed by atoms with van der Waals surface area (Å²) in [6.45, 7) is 4.41. The number of hydrogen-bond donors (Lipinski definition) is 0. The molecule has 0 radical (unpaired) electrons. The Morgan fingerprint density at radius 2 is 1.63 bits per heavy atom. The number of sulfonamides is 2. The summed E-state index contributed by atoms with van der Waals surface area (Å²) < 4.78 is 113.